The van der Waals surface area contributed by atoms with Crippen molar-refractivity contribution in [2.75, 3.05) is 11.1 Å². The molecule has 0 spiro atoms. The molecule has 2 aromatic carbocycles. The third-order valence-corrected chi connectivity index (χ3v) is 3.75. The smallest absolute Gasteiger partial charge is 0.244 e. The van der Waals surface area contributed by atoms with E-state index in [1.54, 1.807) is 4.57 Å². The molecule has 22 heavy (non-hydrogen) atoms. The number of carbonyl (C=O) groups excluding carboxylic acids is 1. The van der Waals surface area contributed by atoms with Crippen molar-refractivity contribution in [1.82, 2.24) is 9.55 Å². The second-order valence-corrected chi connectivity index (χ2v) is 5.40. The first kappa shape index (κ1) is 14.1. The standard InChI is InChI=1S/C17H18N4O/c1-11-8-14-15(9-12(11)2)21(17(18)20-14)10-16(22)19-13-6-4-3-5-7-13/h3-9H,10H2,1-2H3,(H2,18,20)(H,19,22). The van der Waals surface area contributed by atoms with Gasteiger partial charge in [0.1, 0.15) is 6.54 Å². The largest absolute Gasteiger partial charge is 0.369 e. The minimum absolute atomic E-state index is 0.129. The highest BCUT2D eigenvalue weighted by atomic mass is 16.1. The second kappa shape index (κ2) is 5.52. The lowest BCUT2D eigenvalue weighted by molar-refractivity contribution is -0.116. The zero-order valence-corrected chi connectivity index (χ0v) is 12.6. The summed E-state index contributed by atoms with van der Waals surface area (Å²) < 4.78 is 1.74. The first-order valence-corrected chi connectivity index (χ1v) is 7.12. The van der Waals surface area contributed by atoms with Crippen LogP contribution in [0.3, 0.4) is 0 Å². The molecule has 5 heteroatoms. The average molecular weight is 294 g/mol. The Morgan fingerprint density at radius 3 is 2.59 bits per heavy atom. The van der Waals surface area contributed by atoms with E-state index < -0.39 is 0 Å². The third-order valence-electron chi connectivity index (χ3n) is 3.75. The van der Waals surface area contributed by atoms with E-state index >= 15 is 0 Å². The fourth-order valence-electron chi connectivity index (χ4n) is 2.43. The summed E-state index contributed by atoms with van der Waals surface area (Å²) in [4.78, 5) is 16.5. The van der Waals surface area contributed by atoms with Gasteiger partial charge in [-0.05, 0) is 49.2 Å². The molecule has 1 heterocycles. The summed E-state index contributed by atoms with van der Waals surface area (Å²) in [7, 11) is 0. The normalized spacial score (nSPS) is 10.8. The van der Waals surface area contributed by atoms with E-state index in [0.717, 1.165) is 27.8 Å². The maximum absolute atomic E-state index is 12.2. The van der Waals surface area contributed by atoms with Gasteiger partial charge in [0.2, 0.25) is 11.9 Å². The number of nitrogens with zero attached hydrogens (tertiary/aromatic N) is 2. The predicted molar refractivity (Wildman–Crippen MR) is 88.7 cm³/mol. The Bertz CT molecular complexity index is 837. The number of hydrogen-bond acceptors (Lipinski definition) is 3. The Balaban J connectivity index is 1.89. The highest BCUT2D eigenvalue weighted by Gasteiger charge is 2.13. The van der Waals surface area contributed by atoms with Crippen LogP contribution in [-0.2, 0) is 11.3 Å². The summed E-state index contributed by atoms with van der Waals surface area (Å²) in [6.45, 7) is 4.21. The van der Waals surface area contributed by atoms with E-state index in [1.807, 2.05) is 56.3 Å². The number of carbonyl (C=O) groups is 1. The molecule has 3 aromatic rings. The van der Waals surface area contributed by atoms with Crippen molar-refractivity contribution >= 4 is 28.6 Å². The van der Waals surface area contributed by atoms with Crippen molar-refractivity contribution in [3.63, 3.8) is 0 Å². The van der Waals surface area contributed by atoms with Crippen LogP contribution < -0.4 is 11.1 Å². The quantitative estimate of drug-likeness (QED) is 0.780. The summed E-state index contributed by atoms with van der Waals surface area (Å²) in [5.41, 5.74) is 10.7. The van der Waals surface area contributed by atoms with Gasteiger partial charge in [-0.2, -0.15) is 0 Å². The molecule has 0 saturated heterocycles. The van der Waals surface area contributed by atoms with Crippen molar-refractivity contribution < 1.29 is 4.79 Å². The minimum atomic E-state index is -0.129. The van der Waals surface area contributed by atoms with Gasteiger partial charge in [0, 0.05) is 5.69 Å². The highest BCUT2D eigenvalue weighted by Crippen LogP contribution is 2.22. The predicted octanol–water partition coefficient (Wildman–Crippen LogP) is 2.87. The molecule has 0 atom stereocenters. The molecule has 0 bridgehead atoms. The van der Waals surface area contributed by atoms with Crippen molar-refractivity contribution in [1.29, 1.82) is 0 Å². The Morgan fingerprint density at radius 1 is 1.18 bits per heavy atom. The van der Waals surface area contributed by atoms with Gasteiger partial charge in [-0.1, -0.05) is 18.2 Å². The monoisotopic (exact) mass is 294 g/mol. The molecule has 0 aliphatic rings. The van der Waals surface area contributed by atoms with Gasteiger partial charge < -0.3 is 15.6 Å². The van der Waals surface area contributed by atoms with Gasteiger partial charge in [0.15, 0.2) is 0 Å². The number of amides is 1. The molecule has 3 N–H and O–H groups in total. The summed E-state index contributed by atoms with van der Waals surface area (Å²) in [5, 5.41) is 2.86. The van der Waals surface area contributed by atoms with Crippen LogP contribution in [0.4, 0.5) is 11.6 Å². The van der Waals surface area contributed by atoms with Gasteiger partial charge in [-0.25, -0.2) is 4.98 Å². The molecule has 1 aromatic heterocycles. The maximum Gasteiger partial charge on any atom is 0.244 e. The van der Waals surface area contributed by atoms with Gasteiger partial charge in [-0.15, -0.1) is 0 Å². The van der Waals surface area contributed by atoms with Gasteiger partial charge in [0.05, 0.1) is 11.0 Å². The van der Waals surface area contributed by atoms with Crippen molar-refractivity contribution in [2.24, 2.45) is 0 Å². The van der Waals surface area contributed by atoms with E-state index in [-0.39, 0.29) is 12.5 Å². The zero-order valence-electron chi connectivity index (χ0n) is 12.6. The van der Waals surface area contributed by atoms with E-state index in [4.69, 9.17) is 5.73 Å². The molecule has 1 amide bonds. The summed E-state index contributed by atoms with van der Waals surface area (Å²) >= 11 is 0. The van der Waals surface area contributed by atoms with Crippen LogP contribution in [0.15, 0.2) is 42.5 Å². The molecular weight excluding hydrogens is 276 g/mol. The summed E-state index contributed by atoms with van der Waals surface area (Å²) in [6, 6.07) is 13.4. The van der Waals surface area contributed by atoms with E-state index in [9.17, 15) is 4.79 Å². The summed E-state index contributed by atoms with van der Waals surface area (Å²) in [5.74, 6) is 0.221. The molecule has 0 aliphatic heterocycles. The van der Waals surface area contributed by atoms with Crippen LogP contribution in [0.5, 0.6) is 0 Å². The fourth-order valence-corrected chi connectivity index (χ4v) is 2.43. The third kappa shape index (κ3) is 2.65. The Hall–Kier alpha value is -2.82. The van der Waals surface area contributed by atoms with Gasteiger partial charge in [-0.3, -0.25) is 4.79 Å². The second-order valence-electron chi connectivity index (χ2n) is 5.40. The van der Waals surface area contributed by atoms with Crippen LogP contribution in [0.2, 0.25) is 0 Å². The highest BCUT2D eigenvalue weighted by molar-refractivity contribution is 5.92. The number of hydrogen-bond donors (Lipinski definition) is 2. The number of aromatic nitrogens is 2. The van der Waals surface area contributed by atoms with Gasteiger partial charge in [0.25, 0.3) is 0 Å². The van der Waals surface area contributed by atoms with E-state index in [0.29, 0.717) is 5.95 Å². The number of imidazole rings is 1. The molecule has 0 aliphatic carbocycles. The Labute approximate surface area is 128 Å². The molecule has 112 valence electrons. The zero-order chi connectivity index (χ0) is 15.7. The van der Waals surface area contributed by atoms with Gasteiger partial charge >= 0.3 is 0 Å². The molecule has 0 fully saturated rings. The number of fused-ring (bicyclic) bond motifs is 1. The molecule has 0 unspecified atom stereocenters. The average Bonchev–Trinajstić information content (AvgIpc) is 2.76. The first-order valence-electron chi connectivity index (χ1n) is 7.12. The van der Waals surface area contributed by atoms with Crippen molar-refractivity contribution in [3.05, 3.63) is 53.6 Å². The number of nitrogens with one attached hydrogen (secondary N) is 1. The van der Waals surface area contributed by atoms with Crippen LogP contribution in [0, 0.1) is 13.8 Å². The fraction of sp³-hybridized carbons (Fsp3) is 0.176. The SMILES string of the molecule is Cc1cc2nc(N)n(CC(=O)Nc3ccccc3)c2cc1C. The lowest BCUT2D eigenvalue weighted by Crippen LogP contribution is -2.19. The number of aryl methyl sites for hydroxylation is 2. The van der Waals surface area contributed by atoms with Crippen LogP contribution >= 0.6 is 0 Å². The van der Waals surface area contributed by atoms with E-state index in [2.05, 4.69) is 10.3 Å². The first-order chi connectivity index (χ1) is 10.5. The van der Waals surface area contributed by atoms with Crippen LogP contribution in [0.25, 0.3) is 11.0 Å². The molecule has 5 nitrogen and oxygen atoms in total. The molecule has 0 saturated carbocycles. The minimum Gasteiger partial charge on any atom is -0.369 e. The van der Waals surface area contributed by atoms with Crippen LogP contribution in [-0.4, -0.2) is 15.5 Å². The molecule has 3 rings (SSSR count). The molecular formula is C17H18N4O. The Morgan fingerprint density at radius 2 is 1.86 bits per heavy atom. The topological polar surface area (TPSA) is 72.9 Å². The number of rotatable bonds is 3. The molecule has 0 radical (unpaired) electrons. The number of benzene rings is 2. The van der Waals surface area contributed by atoms with Crippen molar-refractivity contribution in [3.8, 4) is 0 Å². The lowest BCUT2D eigenvalue weighted by Gasteiger charge is -2.08. The number of anilines is 2. The Kier molecular flexibility index (Phi) is 3.55. The van der Waals surface area contributed by atoms with E-state index in [1.165, 1.54) is 0 Å². The maximum atomic E-state index is 12.2. The van der Waals surface area contributed by atoms with Crippen LogP contribution in [0.1, 0.15) is 11.1 Å². The lowest BCUT2D eigenvalue weighted by atomic mass is 10.1. The number of nitrogen functional groups attached to an aromatic ring is 1. The number of para-hydroxylation sites is 1. The van der Waals surface area contributed by atoms with Crippen molar-refractivity contribution in [2.45, 2.75) is 20.4 Å². The number of nitrogens with two attached hydrogens (primary N) is 1. The summed E-state index contributed by atoms with van der Waals surface area (Å²) in [6.07, 6.45) is 0.